The van der Waals surface area contributed by atoms with Crippen LogP contribution in [-0.4, -0.2) is 25.1 Å². The van der Waals surface area contributed by atoms with E-state index in [0.29, 0.717) is 18.8 Å². The normalized spacial score (nSPS) is 27.6. The summed E-state index contributed by atoms with van der Waals surface area (Å²) >= 11 is 0. The monoisotopic (exact) mass is 282 g/mol. The molecule has 1 aliphatic rings. The Labute approximate surface area is 120 Å². The van der Waals surface area contributed by atoms with Crippen molar-refractivity contribution in [2.75, 3.05) is 13.2 Å². The molecule has 0 N–H and O–H groups in total. The maximum Gasteiger partial charge on any atom is 0.162 e. The van der Waals surface area contributed by atoms with Crippen molar-refractivity contribution in [1.82, 2.24) is 0 Å². The van der Waals surface area contributed by atoms with Crippen LogP contribution in [-0.2, 0) is 20.8 Å². The molecule has 1 saturated heterocycles. The van der Waals surface area contributed by atoms with Gasteiger partial charge in [-0.2, -0.15) is 0 Å². The Kier molecular flexibility index (Phi) is 4.47. The summed E-state index contributed by atoms with van der Waals surface area (Å²) < 4.78 is 30.8. The Balaban J connectivity index is 1.90. The first kappa shape index (κ1) is 15.4. The topological polar surface area (TPSA) is 27.7 Å². The van der Waals surface area contributed by atoms with Gasteiger partial charge in [0.1, 0.15) is 11.4 Å². The molecule has 1 aromatic rings. The Morgan fingerprint density at radius 1 is 1.25 bits per heavy atom. The minimum Gasteiger partial charge on any atom is -0.366 e. The molecule has 0 unspecified atom stereocenters. The van der Waals surface area contributed by atoms with Crippen LogP contribution in [0.1, 0.15) is 33.3 Å². The summed E-state index contributed by atoms with van der Waals surface area (Å²) in [5.41, 5.74) is -0.0525. The zero-order valence-electron chi connectivity index (χ0n) is 12.6. The highest BCUT2D eigenvalue weighted by atomic mass is 19.1. The number of benzene rings is 1. The molecule has 3 nitrogen and oxygen atoms in total. The van der Waals surface area contributed by atoms with Crippen LogP contribution >= 0.6 is 0 Å². The molecule has 2 rings (SSSR count). The van der Waals surface area contributed by atoms with E-state index in [1.54, 1.807) is 18.2 Å². The minimum absolute atomic E-state index is 0.0626. The number of ether oxygens (including phenoxy) is 3. The van der Waals surface area contributed by atoms with Gasteiger partial charge in [0.25, 0.3) is 0 Å². The lowest BCUT2D eigenvalue weighted by molar-refractivity contribution is -0.290. The Morgan fingerprint density at radius 3 is 2.40 bits per heavy atom. The van der Waals surface area contributed by atoms with Crippen molar-refractivity contribution in [2.45, 2.75) is 46.2 Å². The smallest absolute Gasteiger partial charge is 0.162 e. The van der Waals surface area contributed by atoms with Crippen molar-refractivity contribution in [1.29, 1.82) is 0 Å². The molecule has 0 aliphatic carbocycles. The second-order valence-electron chi connectivity index (χ2n) is 6.65. The molecule has 0 spiro atoms. The molecule has 0 bridgehead atoms. The largest absolute Gasteiger partial charge is 0.366 e. The van der Waals surface area contributed by atoms with Gasteiger partial charge < -0.3 is 14.2 Å². The van der Waals surface area contributed by atoms with Crippen LogP contribution in [0.4, 0.5) is 4.39 Å². The molecule has 1 aromatic carbocycles. The molecule has 1 heterocycles. The van der Waals surface area contributed by atoms with Gasteiger partial charge in [-0.25, -0.2) is 4.39 Å². The van der Waals surface area contributed by atoms with E-state index in [-0.39, 0.29) is 24.1 Å². The fraction of sp³-hybridized carbons (Fsp3) is 0.625. The van der Waals surface area contributed by atoms with Crippen molar-refractivity contribution in [3.05, 3.63) is 35.6 Å². The van der Waals surface area contributed by atoms with E-state index < -0.39 is 5.60 Å². The van der Waals surface area contributed by atoms with Gasteiger partial charge in [-0.05, 0) is 13.0 Å². The van der Waals surface area contributed by atoms with Gasteiger partial charge in [-0.15, -0.1) is 0 Å². The summed E-state index contributed by atoms with van der Waals surface area (Å²) in [5, 5.41) is 0. The van der Waals surface area contributed by atoms with Crippen molar-refractivity contribution in [3.63, 3.8) is 0 Å². The van der Waals surface area contributed by atoms with Crippen molar-refractivity contribution < 1.29 is 18.6 Å². The van der Waals surface area contributed by atoms with E-state index in [0.717, 1.165) is 0 Å². The lowest BCUT2D eigenvalue weighted by Crippen LogP contribution is -2.50. The van der Waals surface area contributed by atoms with Gasteiger partial charge in [0.15, 0.2) is 6.29 Å². The highest BCUT2D eigenvalue weighted by Gasteiger charge is 2.38. The molecular weight excluding hydrogens is 259 g/mol. The third-order valence-electron chi connectivity index (χ3n) is 3.32. The molecule has 0 saturated carbocycles. The summed E-state index contributed by atoms with van der Waals surface area (Å²) in [7, 11) is 0. The van der Waals surface area contributed by atoms with Gasteiger partial charge in [-0.1, -0.05) is 39.0 Å². The lowest BCUT2D eigenvalue weighted by Gasteiger charge is -2.41. The molecule has 0 atom stereocenters. The van der Waals surface area contributed by atoms with E-state index >= 15 is 0 Å². The molecule has 1 aliphatic heterocycles. The second kappa shape index (κ2) is 5.80. The molecule has 1 fully saturated rings. The maximum atomic E-state index is 13.5. The minimum atomic E-state index is -0.538. The van der Waals surface area contributed by atoms with Crippen LogP contribution in [0.25, 0.3) is 0 Å². The van der Waals surface area contributed by atoms with Gasteiger partial charge in [-0.3, -0.25) is 0 Å². The summed E-state index contributed by atoms with van der Waals surface area (Å²) in [6, 6.07) is 6.63. The van der Waals surface area contributed by atoms with E-state index in [9.17, 15) is 4.39 Å². The van der Waals surface area contributed by atoms with Gasteiger partial charge >= 0.3 is 0 Å². The average Bonchev–Trinajstić information content (AvgIpc) is 2.37. The third-order valence-corrected chi connectivity index (χ3v) is 3.32. The molecule has 4 heteroatoms. The third kappa shape index (κ3) is 3.78. The van der Waals surface area contributed by atoms with E-state index in [1.807, 2.05) is 6.92 Å². The highest BCUT2D eigenvalue weighted by molar-refractivity contribution is 5.16. The molecule has 0 aromatic heterocycles. The zero-order valence-corrected chi connectivity index (χ0v) is 12.6. The molecule has 20 heavy (non-hydrogen) atoms. The van der Waals surface area contributed by atoms with Crippen LogP contribution in [0, 0.1) is 11.2 Å². The van der Waals surface area contributed by atoms with Crippen LogP contribution in [0.15, 0.2) is 24.3 Å². The predicted octanol–water partition coefficient (Wildman–Crippen LogP) is 3.52. The summed E-state index contributed by atoms with van der Waals surface area (Å²) in [6.45, 7) is 9.25. The van der Waals surface area contributed by atoms with Crippen molar-refractivity contribution >= 4 is 0 Å². The predicted molar refractivity (Wildman–Crippen MR) is 74.7 cm³/mol. The Morgan fingerprint density at radius 2 is 1.85 bits per heavy atom. The maximum absolute atomic E-state index is 13.5. The quantitative estimate of drug-likeness (QED) is 0.849. The van der Waals surface area contributed by atoms with Gasteiger partial charge in [0.05, 0.1) is 19.8 Å². The summed E-state index contributed by atoms with van der Waals surface area (Å²) in [5.74, 6) is -0.249. The first-order chi connectivity index (χ1) is 9.30. The second-order valence-corrected chi connectivity index (χ2v) is 6.65. The molecular formula is C16H23FO3. The summed E-state index contributed by atoms with van der Waals surface area (Å²) in [4.78, 5) is 0. The van der Waals surface area contributed by atoms with Crippen LogP contribution in [0.5, 0.6) is 0 Å². The van der Waals surface area contributed by atoms with Gasteiger partial charge in [0.2, 0.25) is 0 Å². The van der Waals surface area contributed by atoms with Crippen LogP contribution in [0.3, 0.4) is 0 Å². The number of hydrogen-bond donors (Lipinski definition) is 0. The standard InChI is InChI=1S/C16H23FO3/c1-15(2,3)14-18-10-16(4,11-19-14)20-9-12-7-5-6-8-13(12)17/h5-8,14H,9-11H2,1-4H3. The van der Waals surface area contributed by atoms with Crippen LogP contribution in [0.2, 0.25) is 0 Å². The highest BCUT2D eigenvalue weighted by Crippen LogP contribution is 2.30. The zero-order chi connectivity index (χ0) is 14.8. The fourth-order valence-electron chi connectivity index (χ4n) is 2.04. The van der Waals surface area contributed by atoms with E-state index in [2.05, 4.69) is 20.8 Å². The fourth-order valence-corrected chi connectivity index (χ4v) is 2.04. The Bertz CT molecular complexity index is 445. The summed E-state index contributed by atoms with van der Waals surface area (Å²) in [6.07, 6.45) is -0.229. The molecule has 0 amide bonds. The van der Waals surface area contributed by atoms with E-state index in [1.165, 1.54) is 6.07 Å². The Hall–Kier alpha value is -0.970. The van der Waals surface area contributed by atoms with Gasteiger partial charge in [0, 0.05) is 11.0 Å². The first-order valence-electron chi connectivity index (χ1n) is 6.91. The van der Waals surface area contributed by atoms with Crippen molar-refractivity contribution in [2.24, 2.45) is 5.41 Å². The number of hydrogen-bond acceptors (Lipinski definition) is 3. The van der Waals surface area contributed by atoms with Crippen molar-refractivity contribution in [3.8, 4) is 0 Å². The SMILES string of the molecule is CC1(OCc2ccccc2F)COC(C(C)(C)C)OC1. The molecule has 0 radical (unpaired) electrons. The van der Waals surface area contributed by atoms with E-state index in [4.69, 9.17) is 14.2 Å². The molecule has 112 valence electrons. The lowest BCUT2D eigenvalue weighted by atomic mass is 9.94. The van der Waals surface area contributed by atoms with Crippen LogP contribution < -0.4 is 0 Å². The average molecular weight is 282 g/mol. The first-order valence-corrected chi connectivity index (χ1v) is 6.91. The number of halogens is 1. The number of rotatable bonds is 3.